The highest BCUT2D eigenvalue weighted by Gasteiger charge is 2.20. The van der Waals surface area contributed by atoms with Crippen molar-refractivity contribution in [3.05, 3.63) is 16.3 Å². The van der Waals surface area contributed by atoms with E-state index in [0.29, 0.717) is 18.1 Å². The summed E-state index contributed by atoms with van der Waals surface area (Å²) >= 11 is 5.87. The number of aromatic nitrogens is 2. The van der Waals surface area contributed by atoms with Crippen molar-refractivity contribution < 1.29 is 4.79 Å². The lowest BCUT2D eigenvalue weighted by molar-refractivity contribution is -0.119. The van der Waals surface area contributed by atoms with Crippen molar-refractivity contribution in [2.75, 3.05) is 11.9 Å². The van der Waals surface area contributed by atoms with E-state index >= 15 is 0 Å². The van der Waals surface area contributed by atoms with E-state index in [9.17, 15) is 4.79 Å². The van der Waals surface area contributed by atoms with Crippen LogP contribution in [0.5, 0.6) is 0 Å². The van der Waals surface area contributed by atoms with Crippen molar-refractivity contribution in [3.63, 3.8) is 0 Å². The van der Waals surface area contributed by atoms with Gasteiger partial charge in [0.2, 0.25) is 5.91 Å². The van der Waals surface area contributed by atoms with Crippen LogP contribution in [0.1, 0.15) is 24.0 Å². The number of carbonyl (C=O) groups is 1. The highest BCUT2D eigenvalue weighted by atomic mass is 35.5. The summed E-state index contributed by atoms with van der Waals surface area (Å²) in [6.07, 6.45) is 1.47. The molecule has 5 nitrogen and oxygen atoms in total. The van der Waals surface area contributed by atoms with Gasteiger partial charge in [0.15, 0.2) is 11.0 Å². The van der Waals surface area contributed by atoms with Crippen LogP contribution in [0.4, 0.5) is 5.82 Å². The van der Waals surface area contributed by atoms with Crippen LogP contribution in [0.25, 0.3) is 0 Å². The molecule has 1 aliphatic heterocycles. The molecular formula is C11H15ClN4O. The number of hydrogen-bond acceptors (Lipinski definition) is 4. The molecule has 0 radical (unpaired) electrons. The van der Waals surface area contributed by atoms with Gasteiger partial charge >= 0.3 is 0 Å². The maximum Gasteiger partial charge on any atom is 0.220 e. The summed E-state index contributed by atoms with van der Waals surface area (Å²) in [5.74, 6) is 0.847. The van der Waals surface area contributed by atoms with Gasteiger partial charge in [0.1, 0.15) is 0 Å². The lowest BCUT2D eigenvalue weighted by Crippen LogP contribution is -2.32. The number of nitrogens with zero attached hydrogens (tertiary/aromatic N) is 2. The fourth-order valence-electron chi connectivity index (χ4n) is 1.79. The summed E-state index contributed by atoms with van der Waals surface area (Å²) in [5.41, 5.74) is 1.92. The van der Waals surface area contributed by atoms with E-state index in [4.69, 9.17) is 11.6 Å². The lowest BCUT2D eigenvalue weighted by Gasteiger charge is -2.14. The van der Waals surface area contributed by atoms with E-state index in [1.807, 2.05) is 13.8 Å². The molecule has 1 aliphatic rings. The first-order valence-electron chi connectivity index (χ1n) is 5.60. The number of anilines is 1. The summed E-state index contributed by atoms with van der Waals surface area (Å²) in [4.78, 5) is 11.0. The molecule has 92 valence electrons. The second-order valence-corrected chi connectivity index (χ2v) is 4.63. The molecular weight excluding hydrogens is 240 g/mol. The van der Waals surface area contributed by atoms with Gasteiger partial charge in [-0.1, -0.05) is 11.6 Å². The molecule has 2 N–H and O–H groups in total. The van der Waals surface area contributed by atoms with Gasteiger partial charge in [0, 0.05) is 19.0 Å². The Bertz CT molecular complexity index is 449. The lowest BCUT2D eigenvalue weighted by atomic mass is 10.2. The largest absolute Gasteiger partial charge is 0.366 e. The molecule has 2 heterocycles. The maximum absolute atomic E-state index is 11.0. The first-order valence-corrected chi connectivity index (χ1v) is 5.98. The molecule has 17 heavy (non-hydrogen) atoms. The van der Waals surface area contributed by atoms with Gasteiger partial charge in [-0.3, -0.25) is 4.79 Å². The monoisotopic (exact) mass is 254 g/mol. The van der Waals surface area contributed by atoms with E-state index in [2.05, 4.69) is 20.8 Å². The smallest absolute Gasteiger partial charge is 0.220 e. The zero-order valence-corrected chi connectivity index (χ0v) is 10.6. The van der Waals surface area contributed by atoms with Crippen LogP contribution in [0.15, 0.2) is 0 Å². The van der Waals surface area contributed by atoms with Crippen LogP contribution in [0, 0.1) is 13.8 Å². The second-order valence-electron chi connectivity index (χ2n) is 4.27. The average Bonchev–Trinajstić information content (AvgIpc) is 2.71. The minimum atomic E-state index is 0.117. The SMILES string of the molecule is Cc1c(Cl)nnc(NCC2CCC(=O)N2)c1C. The Morgan fingerprint density at radius 2 is 2.18 bits per heavy atom. The Morgan fingerprint density at radius 3 is 2.82 bits per heavy atom. The Balaban J connectivity index is 2.00. The Morgan fingerprint density at radius 1 is 1.41 bits per heavy atom. The summed E-state index contributed by atoms with van der Waals surface area (Å²) < 4.78 is 0. The van der Waals surface area contributed by atoms with Gasteiger partial charge < -0.3 is 10.6 Å². The summed E-state index contributed by atoms with van der Waals surface area (Å²) in [6.45, 7) is 4.53. The van der Waals surface area contributed by atoms with Crippen molar-refractivity contribution >= 4 is 23.3 Å². The Hall–Kier alpha value is -1.36. The predicted octanol–water partition coefficient (Wildman–Crippen LogP) is 1.44. The third-order valence-corrected chi connectivity index (χ3v) is 3.42. The first-order chi connectivity index (χ1) is 8.08. The van der Waals surface area contributed by atoms with Gasteiger partial charge in [-0.05, 0) is 31.4 Å². The standard InChI is InChI=1S/C11H15ClN4O/c1-6-7(2)11(16-15-10(6)12)13-5-8-3-4-9(17)14-8/h8H,3-5H2,1-2H3,(H,13,16)(H,14,17). The van der Waals surface area contributed by atoms with E-state index in [0.717, 1.165) is 23.4 Å². The van der Waals surface area contributed by atoms with Crippen LogP contribution in [-0.2, 0) is 4.79 Å². The van der Waals surface area contributed by atoms with Crippen molar-refractivity contribution in [1.82, 2.24) is 15.5 Å². The van der Waals surface area contributed by atoms with Gasteiger partial charge in [-0.25, -0.2) is 0 Å². The van der Waals surface area contributed by atoms with Crippen LogP contribution < -0.4 is 10.6 Å². The maximum atomic E-state index is 11.0. The zero-order valence-electron chi connectivity index (χ0n) is 9.88. The molecule has 0 spiro atoms. The molecule has 1 fully saturated rings. The van der Waals surface area contributed by atoms with Gasteiger partial charge in [-0.15, -0.1) is 10.2 Å². The summed E-state index contributed by atoms with van der Waals surface area (Å²) in [7, 11) is 0. The number of nitrogens with one attached hydrogen (secondary N) is 2. The molecule has 0 bridgehead atoms. The van der Waals surface area contributed by atoms with Crippen LogP contribution >= 0.6 is 11.6 Å². The van der Waals surface area contributed by atoms with Crippen LogP contribution in [-0.4, -0.2) is 28.7 Å². The molecule has 0 aromatic carbocycles. The fourth-order valence-corrected chi connectivity index (χ4v) is 1.97. The zero-order chi connectivity index (χ0) is 12.4. The van der Waals surface area contributed by atoms with E-state index in [1.54, 1.807) is 0 Å². The van der Waals surface area contributed by atoms with Crippen molar-refractivity contribution in [3.8, 4) is 0 Å². The first kappa shape index (κ1) is 12.1. The Labute approximate surface area is 105 Å². The van der Waals surface area contributed by atoms with Crippen LogP contribution in [0.3, 0.4) is 0 Å². The minimum absolute atomic E-state index is 0.117. The predicted molar refractivity (Wildman–Crippen MR) is 66.2 cm³/mol. The molecule has 0 saturated carbocycles. The fraction of sp³-hybridized carbons (Fsp3) is 0.545. The topological polar surface area (TPSA) is 66.9 Å². The summed E-state index contributed by atoms with van der Waals surface area (Å²) in [5, 5.41) is 14.4. The quantitative estimate of drug-likeness (QED) is 0.857. The normalized spacial score (nSPS) is 19.2. The number of carbonyl (C=O) groups excluding carboxylic acids is 1. The highest BCUT2D eigenvalue weighted by Crippen LogP contribution is 2.20. The van der Waals surface area contributed by atoms with Crippen molar-refractivity contribution in [1.29, 1.82) is 0 Å². The van der Waals surface area contributed by atoms with Crippen molar-refractivity contribution in [2.45, 2.75) is 32.7 Å². The van der Waals surface area contributed by atoms with Crippen LogP contribution in [0.2, 0.25) is 5.15 Å². The summed E-state index contributed by atoms with van der Waals surface area (Å²) in [6, 6.07) is 0.180. The number of hydrogen-bond donors (Lipinski definition) is 2. The molecule has 1 unspecified atom stereocenters. The second kappa shape index (κ2) is 4.87. The molecule has 1 aromatic heterocycles. The molecule has 1 amide bonds. The number of halogens is 1. The molecule has 6 heteroatoms. The van der Waals surface area contributed by atoms with E-state index in [1.165, 1.54) is 0 Å². The minimum Gasteiger partial charge on any atom is -0.366 e. The third kappa shape index (κ3) is 2.66. The molecule has 1 saturated heterocycles. The molecule has 2 rings (SSSR count). The third-order valence-electron chi connectivity index (χ3n) is 3.07. The van der Waals surface area contributed by atoms with Gasteiger partial charge in [-0.2, -0.15) is 0 Å². The molecule has 1 aromatic rings. The molecule has 0 aliphatic carbocycles. The number of rotatable bonds is 3. The number of amides is 1. The van der Waals surface area contributed by atoms with Gasteiger partial charge in [0.05, 0.1) is 0 Å². The Kier molecular flexibility index (Phi) is 3.47. The highest BCUT2D eigenvalue weighted by molar-refractivity contribution is 6.30. The molecule has 1 atom stereocenters. The van der Waals surface area contributed by atoms with E-state index in [-0.39, 0.29) is 11.9 Å². The van der Waals surface area contributed by atoms with Crippen molar-refractivity contribution in [2.24, 2.45) is 0 Å². The average molecular weight is 255 g/mol. The van der Waals surface area contributed by atoms with E-state index < -0.39 is 0 Å². The van der Waals surface area contributed by atoms with Gasteiger partial charge in [0.25, 0.3) is 0 Å².